The van der Waals surface area contributed by atoms with Crippen LogP contribution >= 0.6 is 11.8 Å². The summed E-state index contributed by atoms with van der Waals surface area (Å²) in [4.78, 5) is 16.0. The first-order valence-corrected chi connectivity index (χ1v) is 6.80. The Morgan fingerprint density at radius 3 is 3.05 bits per heavy atom. The van der Waals surface area contributed by atoms with Crippen molar-refractivity contribution in [2.24, 2.45) is 7.05 Å². The predicted octanol–water partition coefficient (Wildman–Crippen LogP) is 1.37. The van der Waals surface area contributed by atoms with Crippen molar-refractivity contribution in [2.75, 3.05) is 11.1 Å². The molecule has 0 aliphatic heterocycles. The van der Waals surface area contributed by atoms with Crippen LogP contribution in [0.4, 0.5) is 5.88 Å². The van der Waals surface area contributed by atoms with Gasteiger partial charge in [-0.15, -0.1) is 0 Å². The van der Waals surface area contributed by atoms with Crippen LogP contribution in [0.3, 0.4) is 0 Å². The highest BCUT2D eigenvalue weighted by molar-refractivity contribution is 7.99. The second-order valence-corrected chi connectivity index (χ2v) is 4.95. The Bertz CT molecular complexity index is 719. The molecule has 0 atom stereocenters. The van der Waals surface area contributed by atoms with Crippen LogP contribution in [0.5, 0.6) is 0 Å². The van der Waals surface area contributed by atoms with Crippen LogP contribution in [-0.2, 0) is 11.8 Å². The van der Waals surface area contributed by atoms with Crippen molar-refractivity contribution < 1.29 is 18.4 Å². The van der Waals surface area contributed by atoms with Gasteiger partial charge in [-0.1, -0.05) is 28.6 Å². The number of carbonyl (C=O) groups is 1. The summed E-state index contributed by atoms with van der Waals surface area (Å²) in [6.45, 7) is 0. The fraction of sp³-hybridized carbons (Fsp3) is 0.167. The van der Waals surface area contributed by atoms with Crippen LogP contribution in [0.2, 0.25) is 0 Å². The van der Waals surface area contributed by atoms with Gasteiger partial charge in [0.05, 0.1) is 5.75 Å². The Balaban J connectivity index is 1.59. The number of para-hydroxylation sites is 2. The average molecular weight is 291 g/mol. The zero-order valence-corrected chi connectivity index (χ0v) is 11.4. The summed E-state index contributed by atoms with van der Waals surface area (Å²) in [5, 5.41) is 6.66. The van der Waals surface area contributed by atoms with Gasteiger partial charge in [0.25, 0.3) is 11.4 Å². The molecule has 20 heavy (non-hydrogen) atoms. The van der Waals surface area contributed by atoms with Crippen LogP contribution in [0.1, 0.15) is 0 Å². The van der Waals surface area contributed by atoms with E-state index in [9.17, 15) is 4.79 Å². The lowest BCUT2D eigenvalue weighted by molar-refractivity contribution is -0.739. The number of hydrogen-bond donors (Lipinski definition) is 1. The minimum atomic E-state index is -0.214. The maximum atomic E-state index is 11.7. The van der Waals surface area contributed by atoms with Gasteiger partial charge in [-0.25, -0.2) is 4.98 Å². The van der Waals surface area contributed by atoms with Gasteiger partial charge in [0.15, 0.2) is 17.9 Å². The summed E-state index contributed by atoms with van der Waals surface area (Å²) in [6, 6.07) is 7.45. The lowest BCUT2D eigenvalue weighted by Gasteiger charge is -1.96. The van der Waals surface area contributed by atoms with E-state index in [1.54, 1.807) is 13.2 Å². The van der Waals surface area contributed by atoms with Crippen LogP contribution in [0, 0.1) is 0 Å². The van der Waals surface area contributed by atoms with Crippen molar-refractivity contribution in [3.8, 4) is 0 Å². The molecule has 0 unspecified atom stereocenters. The third kappa shape index (κ3) is 2.80. The molecule has 0 spiro atoms. The number of oxazole rings is 1. The first kappa shape index (κ1) is 12.7. The summed E-state index contributed by atoms with van der Waals surface area (Å²) < 4.78 is 11.8. The van der Waals surface area contributed by atoms with Crippen molar-refractivity contribution in [1.82, 2.24) is 10.3 Å². The molecule has 0 bridgehead atoms. The maximum Gasteiger partial charge on any atom is 0.302 e. The molecule has 2 heterocycles. The van der Waals surface area contributed by atoms with Gasteiger partial charge in [0.2, 0.25) is 5.91 Å². The Hall–Kier alpha value is -2.35. The highest BCUT2D eigenvalue weighted by atomic mass is 32.2. The van der Waals surface area contributed by atoms with Gasteiger partial charge in [0.1, 0.15) is 5.52 Å². The van der Waals surface area contributed by atoms with Crippen LogP contribution in [0.25, 0.3) is 11.1 Å². The minimum absolute atomic E-state index is 0.178. The van der Waals surface area contributed by atoms with E-state index in [2.05, 4.69) is 15.6 Å². The second kappa shape index (κ2) is 5.33. The van der Waals surface area contributed by atoms with Crippen molar-refractivity contribution in [2.45, 2.75) is 5.22 Å². The Kier molecular flexibility index (Phi) is 3.38. The molecule has 2 aromatic heterocycles. The highest BCUT2D eigenvalue weighted by Crippen LogP contribution is 2.23. The summed E-state index contributed by atoms with van der Waals surface area (Å²) in [7, 11) is 1.70. The molecule has 7 nitrogen and oxygen atoms in total. The number of nitrogens with zero attached hydrogens (tertiary/aromatic N) is 3. The monoisotopic (exact) mass is 291 g/mol. The van der Waals surface area contributed by atoms with E-state index in [-0.39, 0.29) is 11.7 Å². The molecule has 3 aromatic rings. The number of amides is 1. The molecule has 0 aliphatic rings. The number of anilines is 1. The van der Waals surface area contributed by atoms with E-state index in [4.69, 9.17) is 8.94 Å². The molecule has 0 radical (unpaired) electrons. The summed E-state index contributed by atoms with van der Waals surface area (Å²) >= 11 is 1.22. The largest absolute Gasteiger partial charge is 0.431 e. The fourth-order valence-corrected chi connectivity index (χ4v) is 2.23. The molecule has 8 heteroatoms. The van der Waals surface area contributed by atoms with Crippen molar-refractivity contribution in [3.63, 3.8) is 0 Å². The van der Waals surface area contributed by atoms with Gasteiger partial charge in [0, 0.05) is 0 Å². The molecule has 1 aromatic carbocycles. The Morgan fingerprint density at radius 2 is 2.30 bits per heavy atom. The van der Waals surface area contributed by atoms with E-state index < -0.39 is 0 Å². The van der Waals surface area contributed by atoms with E-state index in [0.29, 0.717) is 16.7 Å². The fourth-order valence-electron chi connectivity index (χ4n) is 1.59. The van der Waals surface area contributed by atoms with Crippen LogP contribution in [0.15, 0.2) is 44.6 Å². The van der Waals surface area contributed by atoms with Crippen LogP contribution < -0.4 is 10.00 Å². The number of benzene rings is 1. The number of aromatic nitrogens is 3. The van der Waals surface area contributed by atoms with Gasteiger partial charge < -0.3 is 4.42 Å². The molecule has 0 aliphatic carbocycles. The molecule has 1 amide bonds. The maximum absolute atomic E-state index is 11.7. The smallest absolute Gasteiger partial charge is 0.302 e. The first-order chi connectivity index (χ1) is 9.70. The topological polar surface area (TPSA) is 85.0 Å². The highest BCUT2D eigenvalue weighted by Gasteiger charge is 2.13. The molecular formula is C12H11N4O3S+. The van der Waals surface area contributed by atoms with Crippen molar-refractivity contribution in [1.29, 1.82) is 0 Å². The summed E-state index contributed by atoms with van der Waals surface area (Å²) in [5.74, 6) is 0.265. The number of thioether (sulfide) groups is 1. The third-order valence-corrected chi connectivity index (χ3v) is 3.26. The quantitative estimate of drug-likeness (QED) is 0.577. The molecule has 0 saturated heterocycles. The summed E-state index contributed by atoms with van der Waals surface area (Å²) in [6.07, 6.45) is 1.57. The Labute approximate surface area is 117 Å². The SMILES string of the molecule is C[n+]1cc(NC(=O)CSc2nc3ccccc3o2)on1. The van der Waals surface area contributed by atoms with Crippen molar-refractivity contribution >= 4 is 34.7 Å². The lowest BCUT2D eigenvalue weighted by atomic mass is 10.3. The van der Waals surface area contributed by atoms with Crippen LogP contribution in [-0.4, -0.2) is 21.9 Å². The molecule has 102 valence electrons. The first-order valence-electron chi connectivity index (χ1n) is 5.81. The van der Waals surface area contributed by atoms with Crippen molar-refractivity contribution in [3.05, 3.63) is 30.5 Å². The van der Waals surface area contributed by atoms with E-state index in [1.165, 1.54) is 16.4 Å². The number of rotatable bonds is 4. The van der Waals surface area contributed by atoms with Gasteiger partial charge >= 0.3 is 5.88 Å². The standard InChI is InChI=1S/C12H10N4O3S/c1-16-6-11(19-15-16)14-10(17)7-20-12-13-8-4-2-3-5-9(8)18-12/h2-6H,7H2,1H3/p+1. The predicted molar refractivity (Wildman–Crippen MR) is 71.0 cm³/mol. The van der Waals surface area contributed by atoms with Gasteiger partial charge in [-0.05, 0) is 12.1 Å². The zero-order chi connectivity index (χ0) is 13.9. The number of carbonyl (C=O) groups excluding carboxylic acids is 1. The normalized spacial score (nSPS) is 10.8. The lowest BCUT2D eigenvalue weighted by Crippen LogP contribution is -2.28. The van der Waals surface area contributed by atoms with E-state index >= 15 is 0 Å². The van der Waals surface area contributed by atoms with Gasteiger partial charge in [-0.3, -0.25) is 14.6 Å². The number of hydrogen-bond acceptors (Lipinski definition) is 6. The van der Waals surface area contributed by atoms with E-state index in [1.807, 2.05) is 24.3 Å². The molecular weight excluding hydrogens is 280 g/mol. The minimum Gasteiger partial charge on any atom is -0.431 e. The third-order valence-electron chi connectivity index (χ3n) is 2.44. The van der Waals surface area contributed by atoms with E-state index in [0.717, 1.165) is 5.52 Å². The molecule has 3 rings (SSSR count). The number of aryl methyl sites for hydroxylation is 1. The Morgan fingerprint density at radius 1 is 1.45 bits per heavy atom. The second-order valence-electron chi connectivity index (χ2n) is 4.02. The molecule has 0 fully saturated rings. The zero-order valence-electron chi connectivity index (χ0n) is 10.6. The molecule has 1 N–H and O–H groups in total. The molecule has 0 saturated carbocycles. The number of nitrogens with one attached hydrogen (secondary N) is 1. The summed E-state index contributed by atoms with van der Waals surface area (Å²) in [5.41, 5.74) is 1.48. The number of fused-ring (bicyclic) bond motifs is 1. The average Bonchev–Trinajstić information content (AvgIpc) is 3.02. The van der Waals surface area contributed by atoms with Gasteiger partial charge in [-0.2, -0.15) is 0 Å².